The molecule has 0 amide bonds. The van der Waals surface area contributed by atoms with Crippen LogP contribution in [0.5, 0.6) is 5.75 Å². The summed E-state index contributed by atoms with van der Waals surface area (Å²) in [5.74, 6) is 6.22. The van der Waals surface area contributed by atoms with Crippen molar-refractivity contribution >= 4 is 10.8 Å². The largest absolute Gasteiger partial charge is 0.495 e. The average Bonchev–Trinajstić information content (AvgIpc) is 3.00. The van der Waals surface area contributed by atoms with Gasteiger partial charge < -0.3 is 4.74 Å². The summed E-state index contributed by atoms with van der Waals surface area (Å²) in [6, 6.07) is 33.8. The lowest BCUT2D eigenvalue weighted by Gasteiger charge is -2.08. The van der Waals surface area contributed by atoms with E-state index in [-0.39, 0.29) is 5.82 Å². The fourth-order valence-corrected chi connectivity index (χ4v) is 5.30. The van der Waals surface area contributed by atoms with Gasteiger partial charge in [-0.05, 0) is 93.7 Å². The van der Waals surface area contributed by atoms with Crippen molar-refractivity contribution in [1.29, 1.82) is 0 Å². The predicted molar refractivity (Wildman–Crippen MR) is 171 cm³/mol. The molecule has 0 N–H and O–H groups in total. The zero-order valence-electron chi connectivity index (χ0n) is 24.3. The number of rotatable bonds is 9. The molecule has 0 radical (unpaired) electrons. The molecule has 5 rings (SSSR count). The first-order valence-corrected chi connectivity index (χ1v) is 14.7. The Morgan fingerprint density at radius 1 is 0.585 bits per heavy atom. The van der Waals surface area contributed by atoms with E-state index in [0.717, 1.165) is 41.5 Å². The summed E-state index contributed by atoms with van der Waals surface area (Å²) in [7, 11) is 1.56. The molecule has 0 spiro atoms. The number of benzene rings is 5. The van der Waals surface area contributed by atoms with Gasteiger partial charge >= 0.3 is 0 Å². The number of fused-ring (bicyclic) bond motifs is 1. The van der Waals surface area contributed by atoms with Crippen molar-refractivity contribution in [3.63, 3.8) is 0 Å². The molecule has 206 valence electrons. The lowest BCUT2D eigenvalue weighted by atomic mass is 9.96. The number of hydrogen-bond donors (Lipinski definition) is 0. The zero-order chi connectivity index (χ0) is 28.6. The van der Waals surface area contributed by atoms with Gasteiger partial charge in [0.1, 0.15) is 17.1 Å². The molecule has 41 heavy (non-hydrogen) atoms. The van der Waals surface area contributed by atoms with Gasteiger partial charge in [-0.3, -0.25) is 0 Å². The summed E-state index contributed by atoms with van der Waals surface area (Å²) in [6.45, 7) is 4.32. The van der Waals surface area contributed by atoms with E-state index in [1.807, 2.05) is 18.2 Å². The second-order valence-electron chi connectivity index (χ2n) is 10.7. The number of methoxy groups -OCH3 is 1. The first-order valence-electron chi connectivity index (χ1n) is 14.7. The summed E-state index contributed by atoms with van der Waals surface area (Å²) in [6.07, 6.45) is 6.71. The predicted octanol–water partition coefficient (Wildman–Crippen LogP) is 10.4. The third-order valence-corrected chi connectivity index (χ3v) is 7.61. The third-order valence-electron chi connectivity index (χ3n) is 7.61. The van der Waals surface area contributed by atoms with Crippen LogP contribution in [0.25, 0.3) is 33.0 Å². The molecule has 0 aromatic heterocycles. The number of ether oxygens (including phenoxy) is 1. The maximum absolute atomic E-state index is 14.7. The van der Waals surface area contributed by atoms with Gasteiger partial charge in [0.25, 0.3) is 0 Å². The van der Waals surface area contributed by atoms with Crippen LogP contribution in [0.3, 0.4) is 0 Å². The van der Waals surface area contributed by atoms with Crippen LogP contribution in [0.4, 0.5) is 4.39 Å². The molecule has 0 fully saturated rings. The van der Waals surface area contributed by atoms with Crippen LogP contribution in [-0.4, -0.2) is 7.11 Å². The molecule has 0 saturated heterocycles. The van der Waals surface area contributed by atoms with Crippen LogP contribution in [0.2, 0.25) is 0 Å². The minimum atomic E-state index is -0.337. The molecule has 0 unspecified atom stereocenters. The van der Waals surface area contributed by atoms with E-state index in [1.165, 1.54) is 46.7 Å². The summed E-state index contributed by atoms with van der Waals surface area (Å²) >= 11 is 0. The molecule has 2 heteroatoms. The average molecular weight is 541 g/mol. The van der Waals surface area contributed by atoms with E-state index in [2.05, 4.69) is 98.5 Å². The Balaban J connectivity index is 1.30. The van der Waals surface area contributed by atoms with Crippen LogP contribution in [0.1, 0.15) is 61.8 Å². The quantitative estimate of drug-likeness (QED) is 0.133. The van der Waals surface area contributed by atoms with Crippen LogP contribution in [0.15, 0.2) is 97.1 Å². The molecular weight excluding hydrogens is 503 g/mol. The highest BCUT2D eigenvalue weighted by Crippen LogP contribution is 2.29. The van der Waals surface area contributed by atoms with E-state index in [9.17, 15) is 4.39 Å². The van der Waals surface area contributed by atoms with Crippen molar-refractivity contribution in [2.24, 2.45) is 0 Å². The Kier molecular flexibility index (Phi) is 9.17. The monoisotopic (exact) mass is 540 g/mol. The maximum atomic E-state index is 14.7. The first-order chi connectivity index (χ1) is 20.1. The van der Waals surface area contributed by atoms with E-state index in [1.54, 1.807) is 13.2 Å². The van der Waals surface area contributed by atoms with Crippen LogP contribution in [-0.2, 0) is 12.8 Å². The van der Waals surface area contributed by atoms with Gasteiger partial charge in [0.2, 0.25) is 0 Å². The lowest BCUT2D eigenvalue weighted by Crippen LogP contribution is -1.95. The fourth-order valence-electron chi connectivity index (χ4n) is 5.30. The van der Waals surface area contributed by atoms with Crippen molar-refractivity contribution in [2.75, 3.05) is 7.11 Å². The van der Waals surface area contributed by atoms with Crippen molar-refractivity contribution in [3.05, 3.63) is 125 Å². The Morgan fingerprint density at radius 3 is 1.90 bits per heavy atom. The van der Waals surface area contributed by atoms with Crippen molar-refractivity contribution in [1.82, 2.24) is 0 Å². The Morgan fingerprint density at radius 2 is 1.22 bits per heavy atom. The van der Waals surface area contributed by atoms with Gasteiger partial charge in [-0.25, -0.2) is 4.39 Å². The summed E-state index contributed by atoms with van der Waals surface area (Å²) in [5.41, 5.74) is 8.16. The van der Waals surface area contributed by atoms with E-state index < -0.39 is 0 Å². The van der Waals surface area contributed by atoms with Crippen molar-refractivity contribution in [2.45, 2.75) is 52.4 Å². The topological polar surface area (TPSA) is 9.23 Å². The minimum absolute atomic E-state index is 0.299. The Hall–Kier alpha value is -4.35. The molecule has 5 aromatic carbocycles. The molecule has 1 nitrogen and oxygen atoms in total. The van der Waals surface area contributed by atoms with Crippen LogP contribution < -0.4 is 4.74 Å². The Bertz CT molecular complexity index is 1690. The molecular formula is C39H37FO. The maximum Gasteiger partial charge on any atom is 0.142 e. The summed E-state index contributed by atoms with van der Waals surface area (Å²) in [4.78, 5) is 0. The van der Waals surface area contributed by atoms with E-state index in [4.69, 9.17) is 4.74 Å². The van der Waals surface area contributed by atoms with Gasteiger partial charge in [0.15, 0.2) is 0 Å². The summed E-state index contributed by atoms with van der Waals surface area (Å²) < 4.78 is 20.1. The van der Waals surface area contributed by atoms with Gasteiger partial charge in [0.05, 0.1) is 7.11 Å². The highest BCUT2D eigenvalue weighted by atomic mass is 19.1. The van der Waals surface area contributed by atoms with Gasteiger partial charge in [0, 0.05) is 5.56 Å². The zero-order valence-corrected chi connectivity index (χ0v) is 24.3. The molecule has 0 aliphatic carbocycles. The number of aryl methyl sites for hydroxylation is 2. The number of halogens is 1. The van der Waals surface area contributed by atoms with Crippen molar-refractivity contribution < 1.29 is 9.13 Å². The smallest absolute Gasteiger partial charge is 0.142 e. The number of unbranched alkanes of at least 4 members (excludes halogenated alkanes) is 2. The second kappa shape index (κ2) is 13.3. The Labute approximate surface area is 244 Å². The molecule has 0 bridgehead atoms. The SMILES string of the molecule is CCCCCc1ccc2cc(-c3ccc(-c4ccc(C#Cc5c(F)cc(CCC)cc5OC)cc4)cc3)ccc2c1. The van der Waals surface area contributed by atoms with Gasteiger partial charge in [-0.1, -0.05) is 112 Å². The summed E-state index contributed by atoms with van der Waals surface area (Å²) in [5, 5.41) is 2.58. The second-order valence-corrected chi connectivity index (χ2v) is 10.7. The lowest BCUT2D eigenvalue weighted by molar-refractivity contribution is 0.409. The minimum Gasteiger partial charge on any atom is -0.495 e. The highest BCUT2D eigenvalue weighted by molar-refractivity contribution is 5.88. The molecule has 0 saturated carbocycles. The van der Waals surface area contributed by atoms with Crippen molar-refractivity contribution in [3.8, 4) is 39.8 Å². The van der Waals surface area contributed by atoms with Gasteiger partial charge in [-0.15, -0.1) is 0 Å². The molecule has 0 aliphatic rings. The standard InChI is InChI=1S/C39H37FO/c1-4-6-7-9-29-12-16-36-27-35(22-21-34(36)24-29)33-19-17-32(18-20-33)31-14-10-28(11-15-31)13-23-37-38(40)25-30(8-5-2)26-39(37)41-3/h10-12,14-22,24-27H,4-9H2,1-3H3. The molecule has 0 atom stereocenters. The first kappa shape index (κ1) is 28.2. The third kappa shape index (κ3) is 6.87. The van der Waals surface area contributed by atoms with Gasteiger partial charge in [-0.2, -0.15) is 0 Å². The fraction of sp³-hybridized carbons (Fsp3) is 0.231. The van der Waals surface area contributed by atoms with Crippen LogP contribution >= 0.6 is 0 Å². The van der Waals surface area contributed by atoms with Crippen LogP contribution in [0, 0.1) is 17.7 Å². The molecule has 5 aromatic rings. The normalized spacial score (nSPS) is 10.8. The van der Waals surface area contributed by atoms with E-state index in [0.29, 0.717) is 11.3 Å². The van der Waals surface area contributed by atoms with E-state index >= 15 is 0 Å². The highest BCUT2D eigenvalue weighted by Gasteiger charge is 2.10. The number of hydrogen-bond acceptors (Lipinski definition) is 1. The molecule has 0 heterocycles. The molecule has 0 aliphatic heterocycles.